The van der Waals surface area contributed by atoms with Crippen molar-refractivity contribution in [3.63, 3.8) is 0 Å². The molecule has 0 aromatic carbocycles. The predicted octanol–water partition coefficient (Wildman–Crippen LogP) is 1.68. The second-order valence-corrected chi connectivity index (χ2v) is 5.13. The lowest BCUT2D eigenvalue weighted by Crippen LogP contribution is -2.53. The standard InChI is InChI=1S/C13H28N2O2/c1-5-15-13(4,12(14)16)8-6-9-17-10-7-11(2)3/h11,15H,5-10H2,1-4H3,(H2,14,16). The molecule has 0 saturated heterocycles. The number of primary amides is 1. The number of likely N-dealkylation sites (N-methyl/N-ethyl adjacent to an activating group) is 1. The zero-order valence-electron chi connectivity index (χ0n) is 11.7. The van der Waals surface area contributed by atoms with Crippen molar-refractivity contribution < 1.29 is 9.53 Å². The second kappa shape index (κ2) is 8.48. The molecule has 1 atom stereocenters. The molecule has 1 unspecified atom stereocenters. The normalized spacial score (nSPS) is 14.9. The van der Waals surface area contributed by atoms with Gasteiger partial charge in [0.2, 0.25) is 5.91 Å². The molecule has 0 aromatic rings. The van der Waals surface area contributed by atoms with Crippen LogP contribution < -0.4 is 11.1 Å². The van der Waals surface area contributed by atoms with E-state index in [0.29, 0.717) is 12.5 Å². The Morgan fingerprint density at radius 2 is 2.06 bits per heavy atom. The average Bonchev–Trinajstić information content (AvgIpc) is 2.23. The average molecular weight is 244 g/mol. The van der Waals surface area contributed by atoms with E-state index in [1.54, 1.807) is 0 Å². The van der Waals surface area contributed by atoms with Crippen molar-refractivity contribution >= 4 is 5.91 Å². The Kier molecular flexibility index (Phi) is 8.17. The number of rotatable bonds is 10. The third kappa shape index (κ3) is 7.34. The summed E-state index contributed by atoms with van der Waals surface area (Å²) in [5.74, 6) is 0.383. The number of nitrogens with two attached hydrogens (primary N) is 1. The number of ether oxygens (including phenoxy) is 1. The molecule has 0 radical (unpaired) electrons. The van der Waals surface area contributed by atoms with Crippen LogP contribution in [0, 0.1) is 5.92 Å². The maximum absolute atomic E-state index is 11.3. The van der Waals surface area contributed by atoms with E-state index in [0.717, 1.165) is 32.4 Å². The fraction of sp³-hybridized carbons (Fsp3) is 0.923. The van der Waals surface area contributed by atoms with Gasteiger partial charge in [-0.2, -0.15) is 0 Å². The molecule has 0 spiro atoms. The van der Waals surface area contributed by atoms with E-state index in [2.05, 4.69) is 19.2 Å². The molecule has 4 heteroatoms. The predicted molar refractivity (Wildman–Crippen MR) is 70.8 cm³/mol. The van der Waals surface area contributed by atoms with Crippen LogP contribution >= 0.6 is 0 Å². The molecule has 3 N–H and O–H groups in total. The molecular formula is C13H28N2O2. The van der Waals surface area contributed by atoms with Gasteiger partial charge in [0, 0.05) is 13.2 Å². The fourth-order valence-corrected chi connectivity index (χ4v) is 1.64. The van der Waals surface area contributed by atoms with Gasteiger partial charge >= 0.3 is 0 Å². The van der Waals surface area contributed by atoms with Crippen LogP contribution in [-0.2, 0) is 9.53 Å². The lowest BCUT2D eigenvalue weighted by Gasteiger charge is -2.26. The summed E-state index contributed by atoms with van der Waals surface area (Å²) in [6.07, 6.45) is 2.66. The first-order chi connectivity index (χ1) is 7.92. The van der Waals surface area contributed by atoms with E-state index in [-0.39, 0.29) is 5.91 Å². The molecule has 0 rings (SSSR count). The van der Waals surface area contributed by atoms with E-state index in [1.165, 1.54) is 0 Å². The minimum atomic E-state index is -0.601. The van der Waals surface area contributed by atoms with Crippen LogP contribution in [0.5, 0.6) is 0 Å². The van der Waals surface area contributed by atoms with Crippen molar-refractivity contribution in [3.05, 3.63) is 0 Å². The summed E-state index contributed by atoms with van der Waals surface area (Å²) < 4.78 is 5.52. The number of carbonyl (C=O) groups excluding carboxylic acids is 1. The van der Waals surface area contributed by atoms with Crippen LogP contribution in [0.1, 0.15) is 47.0 Å². The molecule has 0 bridgehead atoms. The first-order valence-corrected chi connectivity index (χ1v) is 6.55. The first kappa shape index (κ1) is 16.4. The van der Waals surface area contributed by atoms with Gasteiger partial charge in [-0.25, -0.2) is 0 Å². The van der Waals surface area contributed by atoms with Gasteiger partial charge in [-0.05, 0) is 38.6 Å². The largest absolute Gasteiger partial charge is 0.381 e. The Morgan fingerprint density at radius 1 is 1.41 bits per heavy atom. The van der Waals surface area contributed by atoms with Crippen LogP contribution in [0.2, 0.25) is 0 Å². The number of hydrogen-bond acceptors (Lipinski definition) is 3. The van der Waals surface area contributed by atoms with Crippen LogP contribution in [-0.4, -0.2) is 31.2 Å². The highest BCUT2D eigenvalue weighted by atomic mass is 16.5. The second-order valence-electron chi connectivity index (χ2n) is 5.13. The Bertz CT molecular complexity index is 219. The Labute approximate surface area is 105 Å². The summed E-state index contributed by atoms with van der Waals surface area (Å²) in [6, 6.07) is 0. The SMILES string of the molecule is CCNC(C)(CCCOCCC(C)C)C(N)=O. The van der Waals surface area contributed by atoms with E-state index < -0.39 is 5.54 Å². The lowest BCUT2D eigenvalue weighted by molar-refractivity contribution is -0.124. The Hall–Kier alpha value is -0.610. The molecule has 0 saturated carbocycles. The van der Waals surface area contributed by atoms with Gasteiger partial charge in [-0.3, -0.25) is 4.79 Å². The molecule has 0 aliphatic carbocycles. The molecule has 0 aliphatic heterocycles. The third-order valence-corrected chi connectivity index (χ3v) is 2.92. The first-order valence-electron chi connectivity index (χ1n) is 6.55. The van der Waals surface area contributed by atoms with Gasteiger partial charge in [0.25, 0.3) is 0 Å². The topological polar surface area (TPSA) is 64.3 Å². The highest BCUT2D eigenvalue weighted by Gasteiger charge is 2.28. The Balaban J connectivity index is 3.73. The minimum Gasteiger partial charge on any atom is -0.381 e. The molecule has 0 fully saturated rings. The summed E-state index contributed by atoms with van der Waals surface area (Å²) in [6.45, 7) is 10.4. The van der Waals surface area contributed by atoms with E-state index >= 15 is 0 Å². The maximum atomic E-state index is 11.3. The zero-order valence-corrected chi connectivity index (χ0v) is 11.7. The van der Waals surface area contributed by atoms with Crippen molar-refractivity contribution in [1.29, 1.82) is 0 Å². The van der Waals surface area contributed by atoms with Crippen molar-refractivity contribution in [2.24, 2.45) is 11.7 Å². The van der Waals surface area contributed by atoms with Crippen molar-refractivity contribution in [2.75, 3.05) is 19.8 Å². The quantitative estimate of drug-likeness (QED) is 0.575. The fourth-order valence-electron chi connectivity index (χ4n) is 1.64. The highest BCUT2D eigenvalue weighted by Crippen LogP contribution is 2.12. The van der Waals surface area contributed by atoms with E-state index in [1.807, 2.05) is 13.8 Å². The van der Waals surface area contributed by atoms with Crippen LogP contribution in [0.15, 0.2) is 0 Å². The zero-order chi connectivity index (χ0) is 13.3. The molecular weight excluding hydrogens is 216 g/mol. The molecule has 102 valence electrons. The summed E-state index contributed by atoms with van der Waals surface area (Å²) >= 11 is 0. The Morgan fingerprint density at radius 3 is 2.53 bits per heavy atom. The third-order valence-electron chi connectivity index (χ3n) is 2.92. The maximum Gasteiger partial charge on any atom is 0.237 e. The monoisotopic (exact) mass is 244 g/mol. The van der Waals surface area contributed by atoms with Gasteiger partial charge in [0.05, 0.1) is 5.54 Å². The van der Waals surface area contributed by atoms with E-state index in [4.69, 9.17) is 10.5 Å². The van der Waals surface area contributed by atoms with Gasteiger partial charge < -0.3 is 15.8 Å². The molecule has 1 amide bonds. The van der Waals surface area contributed by atoms with Crippen molar-refractivity contribution in [3.8, 4) is 0 Å². The van der Waals surface area contributed by atoms with Gasteiger partial charge in [0.1, 0.15) is 0 Å². The summed E-state index contributed by atoms with van der Waals surface area (Å²) in [5.41, 5.74) is 4.79. The van der Waals surface area contributed by atoms with Crippen LogP contribution in [0.25, 0.3) is 0 Å². The summed E-state index contributed by atoms with van der Waals surface area (Å²) in [7, 11) is 0. The molecule has 0 aromatic heterocycles. The van der Waals surface area contributed by atoms with Crippen molar-refractivity contribution in [2.45, 2.75) is 52.5 Å². The molecule has 4 nitrogen and oxygen atoms in total. The highest BCUT2D eigenvalue weighted by molar-refractivity contribution is 5.84. The smallest absolute Gasteiger partial charge is 0.237 e. The summed E-state index contributed by atoms with van der Waals surface area (Å²) in [5, 5.41) is 3.14. The number of nitrogens with one attached hydrogen (secondary N) is 1. The molecule has 17 heavy (non-hydrogen) atoms. The number of amides is 1. The van der Waals surface area contributed by atoms with Crippen molar-refractivity contribution in [1.82, 2.24) is 5.32 Å². The lowest BCUT2D eigenvalue weighted by atomic mass is 9.95. The van der Waals surface area contributed by atoms with E-state index in [9.17, 15) is 4.79 Å². The number of hydrogen-bond donors (Lipinski definition) is 2. The summed E-state index contributed by atoms with van der Waals surface area (Å²) in [4.78, 5) is 11.3. The number of carbonyl (C=O) groups is 1. The minimum absolute atomic E-state index is 0.290. The van der Waals surface area contributed by atoms with Crippen LogP contribution in [0.4, 0.5) is 0 Å². The van der Waals surface area contributed by atoms with Gasteiger partial charge in [-0.1, -0.05) is 20.8 Å². The molecule has 0 heterocycles. The van der Waals surface area contributed by atoms with Gasteiger partial charge in [0.15, 0.2) is 0 Å². The van der Waals surface area contributed by atoms with Gasteiger partial charge in [-0.15, -0.1) is 0 Å². The van der Waals surface area contributed by atoms with Crippen LogP contribution in [0.3, 0.4) is 0 Å². The molecule has 0 aliphatic rings.